The second kappa shape index (κ2) is 5.43. The van der Waals surface area contributed by atoms with Crippen LogP contribution < -0.4 is 9.47 Å². The highest BCUT2D eigenvalue weighted by molar-refractivity contribution is 5.48. The van der Waals surface area contributed by atoms with E-state index in [-0.39, 0.29) is 11.5 Å². The van der Waals surface area contributed by atoms with Gasteiger partial charge in [-0.05, 0) is 62.4 Å². The fraction of sp³-hybridized carbons (Fsp3) is 0.667. The Bertz CT molecular complexity index is 574. The molecular weight excluding hydrogens is 278 g/mol. The Labute approximate surface area is 132 Å². The Morgan fingerprint density at radius 1 is 1.23 bits per heavy atom. The molecule has 0 amide bonds. The molecule has 4 rings (SSSR count). The molecule has 2 fully saturated rings. The minimum Gasteiger partial charge on any atom is -0.454 e. The maximum atomic E-state index is 10.4. The second-order valence-electron chi connectivity index (χ2n) is 7.22. The van der Waals surface area contributed by atoms with E-state index in [1.165, 1.54) is 36.8 Å². The molecule has 3 aliphatic rings. The predicted octanol–water partition coefficient (Wildman–Crippen LogP) is 2.85. The van der Waals surface area contributed by atoms with Crippen LogP contribution in [0.15, 0.2) is 12.1 Å². The molecule has 2 atom stereocenters. The summed E-state index contributed by atoms with van der Waals surface area (Å²) < 4.78 is 11.0. The van der Waals surface area contributed by atoms with E-state index < -0.39 is 0 Å². The van der Waals surface area contributed by atoms with Crippen LogP contribution in [0.4, 0.5) is 0 Å². The van der Waals surface area contributed by atoms with Crippen molar-refractivity contribution in [3.8, 4) is 11.5 Å². The quantitative estimate of drug-likeness (QED) is 0.912. The summed E-state index contributed by atoms with van der Waals surface area (Å²) in [6, 6.07) is 4.21. The zero-order valence-corrected chi connectivity index (χ0v) is 13.3. The van der Waals surface area contributed by atoms with E-state index in [9.17, 15) is 5.11 Å². The SMILES string of the molecule is Cc1cc2c(cc1CN1CCC[C@]3(CCC[C@H]3O)C1)OCO2. The summed E-state index contributed by atoms with van der Waals surface area (Å²) in [4.78, 5) is 2.52. The van der Waals surface area contributed by atoms with Crippen LogP contribution in [0.2, 0.25) is 0 Å². The zero-order valence-electron chi connectivity index (χ0n) is 13.3. The number of hydrogen-bond acceptors (Lipinski definition) is 4. The van der Waals surface area contributed by atoms with Crippen molar-refractivity contribution in [3.05, 3.63) is 23.3 Å². The van der Waals surface area contributed by atoms with Crippen molar-refractivity contribution < 1.29 is 14.6 Å². The van der Waals surface area contributed by atoms with Crippen LogP contribution in [-0.2, 0) is 6.54 Å². The highest BCUT2D eigenvalue weighted by atomic mass is 16.7. The molecule has 2 heterocycles. The first-order chi connectivity index (χ1) is 10.7. The van der Waals surface area contributed by atoms with Gasteiger partial charge in [-0.1, -0.05) is 6.42 Å². The van der Waals surface area contributed by atoms with Crippen molar-refractivity contribution in [2.75, 3.05) is 19.9 Å². The summed E-state index contributed by atoms with van der Waals surface area (Å²) in [5.41, 5.74) is 2.73. The number of likely N-dealkylation sites (tertiary alicyclic amines) is 1. The fourth-order valence-corrected chi connectivity index (χ4v) is 4.49. The van der Waals surface area contributed by atoms with Gasteiger partial charge in [-0.2, -0.15) is 0 Å². The summed E-state index contributed by atoms with van der Waals surface area (Å²) in [5, 5.41) is 10.4. The Balaban J connectivity index is 1.51. The van der Waals surface area contributed by atoms with Gasteiger partial charge in [0, 0.05) is 18.5 Å². The fourth-order valence-electron chi connectivity index (χ4n) is 4.49. The maximum Gasteiger partial charge on any atom is 0.231 e. The van der Waals surface area contributed by atoms with Gasteiger partial charge < -0.3 is 14.6 Å². The van der Waals surface area contributed by atoms with Crippen LogP contribution in [0.5, 0.6) is 11.5 Å². The van der Waals surface area contributed by atoms with Crippen molar-refractivity contribution in [2.24, 2.45) is 5.41 Å². The van der Waals surface area contributed by atoms with Crippen molar-refractivity contribution >= 4 is 0 Å². The first kappa shape index (κ1) is 14.3. The minimum absolute atomic E-state index is 0.104. The molecule has 1 aromatic carbocycles. The largest absolute Gasteiger partial charge is 0.454 e. The lowest BCUT2D eigenvalue weighted by Gasteiger charge is -2.42. The van der Waals surface area contributed by atoms with E-state index in [0.29, 0.717) is 6.79 Å². The van der Waals surface area contributed by atoms with E-state index in [1.54, 1.807) is 0 Å². The molecule has 120 valence electrons. The zero-order chi connectivity index (χ0) is 15.2. The molecule has 0 radical (unpaired) electrons. The summed E-state index contributed by atoms with van der Waals surface area (Å²) >= 11 is 0. The molecule has 22 heavy (non-hydrogen) atoms. The second-order valence-corrected chi connectivity index (χ2v) is 7.22. The van der Waals surface area contributed by atoms with Crippen molar-refractivity contribution in [1.82, 2.24) is 4.90 Å². The first-order valence-corrected chi connectivity index (χ1v) is 8.46. The molecule has 1 aromatic rings. The van der Waals surface area contributed by atoms with E-state index in [0.717, 1.165) is 37.6 Å². The Morgan fingerprint density at radius 2 is 2.00 bits per heavy atom. The number of aliphatic hydroxyl groups is 1. The van der Waals surface area contributed by atoms with E-state index in [4.69, 9.17) is 9.47 Å². The molecule has 4 heteroatoms. The van der Waals surface area contributed by atoms with Crippen LogP contribution in [0, 0.1) is 12.3 Å². The van der Waals surface area contributed by atoms with Gasteiger partial charge in [-0.15, -0.1) is 0 Å². The summed E-state index contributed by atoms with van der Waals surface area (Å²) in [5.74, 6) is 1.73. The molecule has 1 saturated heterocycles. The minimum atomic E-state index is -0.104. The number of rotatable bonds is 2. The van der Waals surface area contributed by atoms with Crippen molar-refractivity contribution in [1.29, 1.82) is 0 Å². The molecular formula is C18H25NO3. The molecule has 0 bridgehead atoms. The van der Waals surface area contributed by atoms with Crippen LogP contribution >= 0.6 is 0 Å². The Kier molecular flexibility index (Phi) is 3.54. The first-order valence-electron chi connectivity index (χ1n) is 8.46. The number of nitrogens with zero attached hydrogens (tertiary/aromatic N) is 1. The van der Waals surface area contributed by atoms with Gasteiger partial charge in [0.25, 0.3) is 0 Å². The monoisotopic (exact) mass is 303 g/mol. The molecule has 2 aliphatic heterocycles. The highest BCUT2D eigenvalue weighted by Crippen LogP contribution is 2.45. The standard InChI is InChI=1S/C18H25NO3/c1-13-8-15-16(22-12-21-15)9-14(13)10-19-7-3-6-18(11-19)5-2-4-17(18)20/h8-9,17,20H,2-7,10-12H2,1H3/t17-,18-/m1/s1. The van der Waals surface area contributed by atoms with Crippen LogP contribution in [0.1, 0.15) is 43.2 Å². The molecule has 0 unspecified atom stereocenters. The number of ether oxygens (including phenoxy) is 2. The van der Waals surface area contributed by atoms with Gasteiger partial charge in [0.15, 0.2) is 11.5 Å². The molecule has 1 N–H and O–H groups in total. The van der Waals surface area contributed by atoms with Gasteiger partial charge in [-0.3, -0.25) is 4.90 Å². The number of benzene rings is 1. The van der Waals surface area contributed by atoms with Crippen molar-refractivity contribution in [2.45, 2.75) is 51.7 Å². The third-order valence-corrected chi connectivity index (χ3v) is 5.77. The average molecular weight is 303 g/mol. The topological polar surface area (TPSA) is 41.9 Å². The van der Waals surface area contributed by atoms with Crippen LogP contribution in [-0.4, -0.2) is 36.0 Å². The van der Waals surface area contributed by atoms with Gasteiger partial charge in [-0.25, -0.2) is 0 Å². The van der Waals surface area contributed by atoms with Crippen LogP contribution in [0.3, 0.4) is 0 Å². The van der Waals surface area contributed by atoms with Gasteiger partial charge in [0.05, 0.1) is 6.10 Å². The van der Waals surface area contributed by atoms with E-state index in [2.05, 4.69) is 24.0 Å². The summed E-state index contributed by atoms with van der Waals surface area (Å²) in [6.07, 6.45) is 5.62. The number of piperidine rings is 1. The lowest BCUT2D eigenvalue weighted by atomic mass is 9.76. The molecule has 1 spiro atoms. The number of aryl methyl sites for hydroxylation is 1. The average Bonchev–Trinajstić information content (AvgIpc) is 3.07. The number of hydrogen-bond donors (Lipinski definition) is 1. The van der Waals surface area contributed by atoms with Gasteiger partial charge in [0.1, 0.15) is 0 Å². The third-order valence-electron chi connectivity index (χ3n) is 5.77. The highest BCUT2D eigenvalue weighted by Gasteiger charge is 2.44. The molecule has 0 aromatic heterocycles. The van der Waals surface area contributed by atoms with E-state index >= 15 is 0 Å². The third kappa shape index (κ3) is 2.38. The van der Waals surface area contributed by atoms with Crippen molar-refractivity contribution in [3.63, 3.8) is 0 Å². The molecule has 1 saturated carbocycles. The van der Waals surface area contributed by atoms with Gasteiger partial charge >= 0.3 is 0 Å². The summed E-state index contributed by atoms with van der Waals surface area (Å²) in [7, 11) is 0. The molecule has 1 aliphatic carbocycles. The Morgan fingerprint density at radius 3 is 2.77 bits per heavy atom. The lowest BCUT2D eigenvalue weighted by molar-refractivity contribution is -0.0120. The summed E-state index contributed by atoms with van der Waals surface area (Å²) in [6.45, 7) is 5.57. The van der Waals surface area contributed by atoms with E-state index in [1.807, 2.05) is 0 Å². The smallest absolute Gasteiger partial charge is 0.231 e. The number of aliphatic hydroxyl groups excluding tert-OH is 1. The van der Waals surface area contributed by atoms with Crippen LogP contribution in [0.25, 0.3) is 0 Å². The van der Waals surface area contributed by atoms with Gasteiger partial charge in [0.2, 0.25) is 6.79 Å². The normalized spacial score (nSPS) is 31.1. The maximum absolute atomic E-state index is 10.4. The molecule has 4 nitrogen and oxygen atoms in total. The Hall–Kier alpha value is -1.26. The lowest BCUT2D eigenvalue weighted by Crippen LogP contribution is -2.46. The number of fused-ring (bicyclic) bond motifs is 1. The predicted molar refractivity (Wildman–Crippen MR) is 84.1 cm³/mol.